The van der Waals surface area contributed by atoms with Crippen molar-refractivity contribution in [1.82, 2.24) is 0 Å². The molecule has 0 fully saturated rings. The number of esters is 2. The second-order valence-electron chi connectivity index (χ2n) is 8.98. The van der Waals surface area contributed by atoms with Gasteiger partial charge in [0.2, 0.25) is 0 Å². The summed E-state index contributed by atoms with van der Waals surface area (Å²) in [6.45, 7) is 8.34. The van der Waals surface area contributed by atoms with E-state index in [9.17, 15) is 19.2 Å². The fraction of sp³-hybridized carbons (Fsp3) is 0.355. The Labute approximate surface area is 227 Å². The molecular formula is C31H34O8. The van der Waals surface area contributed by atoms with Gasteiger partial charge in [0, 0.05) is 17.4 Å². The maximum absolute atomic E-state index is 12.8. The van der Waals surface area contributed by atoms with E-state index in [0.29, 0.717) is 48.3 Å². The van der Waals surface area contributed by atoms with E-state index in [2.05, 4.69) is 0 Å². The Bertz CT molecular complexity index is 1400. The molecule has 1 atom stereocenters. The minimum atomic E-state index is -0.740. The van der Waals surface area contributed by atoms with Crippen LogP contribution in [0.5, 0.6) is 5.75 Å². The van der Waals surface area contributed by atoms with E-state index in [-0.39, 0.29) is 29.8 Å². The number of ketones is 1. The molecule has 0 radical (unpaired) electrons. The molecule has 1 heterocycles. The van der Waals surface area contributed by atoms with Gasteiger partial charge in [0.05, 0.1) is 19.8 Å². The molecule has 0 saturated carbocycles. The van der Waals surface area contributed by atoms with Crippen molar-refractivity contribution in [2.75, 3.05) is 19.8 Å². The van der Waals surface area contributed by atoms with Crippen LogP contribution in [0.3, 0.4) is 0 Å². The van der Waals surface area contributed by atoms with E-state index in [1.54, 1.807) is 50.3 Å². The van der Waals surface area contributed by atoms with Crippen LogP contribution in [-0.4, -0.2) is 37.5 Å². The molecule has 8 nitrogen and oxygen atoms in total. The summed E-state index contributed by atoms with van der Waals surface area (Å²) in [4.78, 5) is 48.9. The van der Waals surface area contributed by atoms with Crippen molar-refractivity contribution < 1.29 is 33.0 Å². The molecule has 0 saturated heterocycles. The summed E-state index contributed by atoms with van der Waals surface area (Å²) in [5.74, 6) is -0.494. The van der Waals surface area contributed by atoms with Crippen LogP contribution >= 0.6 is 0 Å². The van der Waals surface area contributed by atoms with E-state index in [0.717, 1.165) is 17.5 Å². The SMILES string of the molecule is CCOC(=O)CCCOc1ccc(C(=O)/C=C/c2cc(C(C)CC)c3oc(=O)c(C(=O)OCC)cc3c2)cc1. The first-order chi connectivity index (χ1) is 18.8. The largest absolute Gasteiger partial charge is 0.494 e. The molecule has 39 heavy (non-hydrogen) atoms. The van der Waals surface area contributed by atoms with E-state index in [4.69, 9.17) is 18.6 Å². The Hall–Kier alpha value is -4.20. The summed E-state index contributed by atoms with van der Waals surface area (Å²) in [5, 5.41) is 0.576. The molecule has 0 aliphatic rings. The molecule has 2 aromatic carbocycles. The summed E-state index contributed by atoms with van der Waals surface area (Å²) in [6, 6.07) is 11.9. The highest BCUT2D eigenvalue weighted by Crippen LogP contribution is 2.30. The van der Waals surface area contributed by atoms with E-state index < -0.39 is 11.6 Å². The number of rotatable bonds is 13. The topological polar surface area (TPSA) is 109 Å². The number of benzene rings is 2. The van der Waals surface area contributed by atoms with Crippen molar-refractivity contribution in [3.05, 3.63) is 81.2 Å². The first kappa shape index (κ1) is 29.4. The van der Waals surface area contributed by atoms with Crippen molar-refractivity contribution in [1.29, 1.82) is 0 Å². The van der Waals surface area contributed by atoms with Crippen molar-refractivity contribution in [2.45, 2.75) is 52.9 Å². The molecule has 1 unspecified atom stereocenters. The fourth-order valence-electron chi connectivity index (χ4n) is 3.94. The van der Waals surface area contributed by atoms with Gasteiger partial charge in [-0.05, 0) is 92.3 Å². The van der Waals surface area contributed by atoms with Gasteiger partial charge >= 0.3 is 17.6 Å². The molecular weight excluding hydrogens is 500 g/mol. The van der Waals surface area contributed by atoms with Crippen molar-refractivity contribution in [3.8, 4) is 5.75 Å². The highest BCUT2D eigenvalue weighted by atomic mass is 16.5. The van der Waals surface area contributed by atoms with Gasteiger partial charge in [-0.1, -0.05) is 19.9 Å². The summed E-state index contributed by atoms with van der Waals surface area (Å²) < 4.78 is 21.1. The standard InChI is InChI=1S/C31H34O8/c1-5-20(4)25-18-21(17-23-19-26(30(34)37-7-3)31(35)39-29(23)25)10-15-27(32)22-11-13-24(14-12-22)38-16-8-9-28(33)36-6-2/h10-15,17-20H,5-9,16H2,1-4H3/b15-10+. The van der Waals surface area contributed by atoms with E-state index in [1.165, 1.54) is 12.1 Å². The van der Waals surface area contributed by atoms with Gasteiger partial charge in [0.1, 0.15) is 16.9 Å². The molecule has 8 heteroatoms. The van der Waals surface area contributed by atoms with Gasteiger partial charge in [-0.15, -0.1) is 0 Å². The molecule has 0 spiro atoms. The van der Waals surface area contributed by atoms with Crippen molar-refractivity contribution >= 4 is 34.8 Å². The molecule has 0 amide bonds. The Kier molecular flexibility index (Phi) is 10.6. The highest BCUT2D eigenvalue weighted by Gasteiger charge is 2.18. The van der Waals surface area contributed by atoms with Crippen LogP contribution < -0.4 is 10.4 Å². The third kappa shape index (κ3) is 7.89. The first-order valence-corrected chi connectivity index (χ1v) is 13.2. The lowest BCUT2D eigenvalue weighted by Crippen LogP contribution is -2.16. The third-order valence-corrected chi connectivity index (χ3v) is 6.19. The highest BCUT2D eigenvalue weighted by molar-refractivity contribution is 6.07. The van der Waals surface area contributed by atoms with Crippen LogP contribution in [0.2, 0.25) is 0 Å². The molecule has 0 N–H and O–H groups in total. The number of carbonyl (C=O) groups excluding carboxylic acids is 3. The number of allylic oxidation sites excluding steroid dienone is 1. The molecule has 3 rings (SSSR count). The number of hydrogen-bond acceptors (Lipinski definition) is 8. The van der Waals surface area contributed by atoms with Crippen LogP contribution in [0.4, 0.5) is 0 Å². The number of ether oxygens (including phenoxy) is 3. The van der Waals surface area contributed by atoms with Crippen LogP contribution in [-0.2, 0) is 14.3 Å². The summed E-state index contributed by atoms with van der Waals surface area (Å²) >= 11 is 0. The fourth-order valence-corrected chi connectivity index (χ4v) is 3.94. The average Bonchev–Trinajstić information content (AvgIpc) is 2.93. The maximum Gasteiger partial charge on any atom is 0.351 e. The van der Waals surface area contributed by atoms with Crippen molar-refractivity contribution in [3.63, 3.8) is 0 Å². The van der Waals surface area contributed by atoms with Crippen LogP contribution in [0.25, 0.3) is 17.0 Å². The van der Waals surface area contributed by atoms with Gasteiger partial charge in [0.25, 0.3) is 0 Å². The van der Waals surface area contributed by atoms with Gasteiger partial charge in [0.15, 0.2) is 5.78 Å². The molecule has 0 bridgehead atoms. The lowest BCUT2D eigenvalue weighted by molar-refractivity contribution is -0.143. The predicted octanol–water partition coefficient (Wildman–Crippen LogP) is 6.10. The van der Waals surface area contributed by atoms with Gasteiger partial charge < -0.3 is 18.6 Å². The molecule has 3 aromatic rings. The summed E-state index contributed by atoms with van der Waals surface area (Å²) in [7, 11) is 0. The Morgan fingerprint density at radius 1 is 0.974 bits per heavy atom. The van der Waals surface area contributed by atoms with Crippen LogP contribution in [0.1, 0.15) is 84.7 Å². The van der Waals surface area contributed by atoms with Gasteiger partial charge in [-0.25, -0.2) is 9.59 Å². The zero-order chi connectivity index (χ0) is 28.4. The lowest BCUT2D eigenvalue weighted by Gasteiger charge is -2.13. The molecule has 206 valence electrons. The maximum atomic E-state index is 12.8. The van der Waals surface area contributed by atoms with Gasteiger partial charge in [-0.2, -0.15) is 0 Å². The molecule has 0 aliphatic carbocycles. The number of carbonyl (C=O) groups is 3. The summed E-state index contributed by atoms with van der Waals surface area (Å²) in [6.07, 6.45) is 4.81. The zero-order valence-electron chi connectivity index (χ0n) is 22.8. The quantitative estimate of drug-likeness (QED) is 0.0851. The van der Waals surface area contributed by atoms with Crippen LogP contribution in [0, 0.1) is 0 Å². The number of fused-ring (bicyclic) bond motifs is 1. The van der Waals surface area contributed by atoms with Crippen molar-refractivity contribution in [2.24, 2.45) is 0 Å². The Morgan fingerprint density at radius 3 is 2.36 bits per heavy atom. The minimum absolute atomic E-state index is 0.0815. The second-order valence-corrected chi connectivity index (χ2v) is 8.98. The monoisotopic (exact) mass is 534 g/mol. The second kappa shape index (κ2) is 14.1. The van der Waals surface area contributed by atoms with E-state index >= 15 is 0 Å². The average molecular weight is 535 g/mol. The lowest BCUT2D eigenvalue weighted by atomic mass is 9.93. The Balaban J connectivity index is 1.77. The first-order valence-electron chi connectivity index (χ1n) is 13.2. The molecule has 1 aromatic heterocycles. The van der Waals surface area contributed by atoms with Gasteiger partial charge in [-0.3, -0.25) is 9.59 Å². The zero-order valence-corrected chi connectivity index (χ0v) is 22.8. The van der Waals surface area contributed by atoms with E-state index in [1.807, 2.05) is 19.9 Å². The minimum Gasteiger partial charge on any atom is -0.494 e. The third-order valence-electron chi connectivity index (χ3n) is 6.19. The molecule has 0 aliphatic heterocycles. The van der Waals surface area contributed by atoms with Crippen LogP contribution in [0.15, 0.2) is 57.8 Å². The normalized spacial score (nSPS) is 11.9. The number of hydrogen-bond donors (Lipinski definition) is 0. The Morgan fingerprint density at radius 2 is 1.69 bits per heavy atom. The summed E-state index contributed by atoms with van der Waals surface area (Å²) in [5.41, 5.74) is 1.55. The predicted molar refractivity (Wildman–Crippen MR) is 148 cm³/mol. The smallest absolute Gasteiger partial charge is 0.351 e.